The largest absolute Gasteiger partial charge is 0.490 e. The molecule has 0 bridgehead atoms. The Balaban J connectivity index is 1.23. The van der Waals surface area contributed by atoms with E-state index < -0.39 is 0 Å². The fourth-order valence-corrected chi connectivity index (χ4v) is 5.15. The van der Waals surface area contributed by atoms with Gasteiger partial charge in [0.2, 0.25) is 5.95 Å². The number of nitrogens with zero attached hydrogens (tertiary/aromatic N) is 6. The molecule has 11 heteroatoms. The minimum atomic E-state index is -0.146. The smallest absolute Gasteiger partial charge is 0.310 e. The predicted octanol–water partition coefficient (Wildman–Crippen LogP) is 4.24. The number of benzene rings is 1. The molecule has 4 heterocycles. The Kier molecular flexibility index (Phi) is 9.10. The van der Waals surface area contributed by atoms with Crippen LogP contribution in [0.4, 0.5) is 23.4 Å². The standard InChI is InChI=1S/C29H37N7O4/c1-3-38-23-11-5-6-12-24(23)40-22-10-8-16-36(20-22)27-18-30-17-25(32-27)33-29-31-14-13-26(34-29)35-15-7-9-21(19-35)28(37)39-4-2/h5-6,11-14,17-18,21-22H,3-4,7-10,15-16,19-20H2,1-2H3,(H,31,32,33,34)/t21-,22-/m1/s1. The Morgan fingerprint density at radius 2 is 1.75 bits per heavy atom. The highest BCUT2D eigenvalue weighted by Crippen LogP contribution is 2.30. The van der Waals surface area contributed by atoms with Crippen molar-refractivity contribution in [3.8, 4) is 11.5 Å². The fraction of sp³-hybridized carbons (Fsp3) is 0.483. The molecule has 5 rings (SSSR count). The van der Waals surface area contributed by atoms with Crippen molar-refractivity contribution in [2.45, 2.75) is 45.6 Å². The van der Waals surface area contributed by atoms with Crippen LogP contribution in [0.2, 0.25) is 0 Å². The van der Waals surface area contributed by atoms with Gasteiger partial charge in [0.1, 0.15) is 17.7 Å². The van der Waals surface area contributed by atoms with Gasteiger partial charge in [-0.15, -0.1) is 0 Å². The Morgan fingerprint density at radius 1 is 0.950 bits per heavy atom. The summed E-state index contributed by atoms with van der Waals surface area (Å²) >= 11 is 0. The van der Waals surface area contributed by atoms with E-state index in [1.807, 2.05) is 44.2 Å². The Bertz CT molecular complexity index is 1280. The summed E-state index contributed by atoms with van der Waals surface area (Å²) in [6.45, 7) is 7.76. The van der Waals surface area contributed by atoms with Crippen LogP contribution in [-0.2, 0) is 9.53 Å². The van der Waals surface area contributed by atoms with Crippen molar-refractivity contribution in [1.82, 2.24) is 19.9 Å². The Morgan fingerprint density at radius 3 is 2.58 bits per heavy atom. The van der Waals surface area contributed by atoms with E-state index in [9.17, 15) is 4.79 Å². The van der Waals surface area contributed by atoms with Gasteiger partial charge >= 0.3 is 5.97 Å². The summed E-state index contributed by atoms with van der Waals surface area (Å²) in [5.74, 6) is 3.74. The zero-order valence-electron chi connectivity index (χ0n) is 23.2. The predicted molar refractivity (Wildman–Crippen MR) is 152 cm³/mol. The van der Waals surface area contributed by atoms with Crippen molar-refractivity contribution in [2.24, 2.45) is 5.92 Å². The third kappa shape index (κ3) is 6.88. The molecule has 0 amide bonds. The van der Waals surface area contributed by atoms with Crippen molar-refractivity contribution in [1.29, 1.82) is 0 Å². The number of ether oxygens (including phenoxy) is 3. The lowest BCUT2D eigenvalue weighted by molar-refractivity contribution is -0.148. The lowest BCUT2D eigenvalue weighted by Crippen LogP contribution is -2.41. The maximum atomic E-state index is 12.3. The summed E-state index contributed by atoms with van der Waals surface area (Å²) < 4.78 is 17.3. The third-order valence-corrected chi connectivity index (χ3v) is 7.01. The first kappa shape index (κ1) is 27.4. The van der Waals surface area contributed by atoms with Crippen molar-refractivity contribution in [3.63, 3.8) is 0 Å². The second-order valence-corrected chi connectivity index (χ2v) is 9.87. The molecule has 2 aliphatic rings. The van der Waals surface area contributed by atoms with E-state index >= 15 is 0 Å². The fourth-order valence-electron chi connectivity index (χ4n) is 5.15. The van der Waals surface area contributed by atoms with Crippen LogP contribution in [0.15, 0.2) is 48.9 Å². The molecule has 2 saturated heterocycles. The molecule has 2 atom stereocenters. The first-order chi connectivity index (χ1) is 19.6. The number of carbonyl (C=O) groups excluding carboxylic acids is 1. The van der Waals surface area contributed by atoms with Crippen molar-refractivity contribution < 1.29 is 19.0 Å². The van der Waals surface area contributed by atoms with Crippen molar-refractivity contribution >= 4 is 29.4 Å². The van der Waals surface area contributed by atoms with E-state index in [1.54, 1.807) is 18.6 Å². The van der Waals surface area contributed by atoms with Crippen LogP contribution in [0.3, 0.4) is 0 Å². The molecule has 40 heavy (non-hydrogen) atoms. The number of esters is 1. The number of para-hydroxylation sites is 2. The summed E-state index contributed by atoms with van der Waals surface area (Å²) in [4.78, 5) is 34.9. The molecule has 0 spiro atoms. The molecular formula is C29H37N7O4. The molecule has 2 fully saturated rings. The summed E-state index contributed by atoms with van der Waals surface area (Å²) in [5.41, 5.74) is 0. The van der Waals surface area contributed by atoms with Gasteiger partial charge in [-0.3, -0.25) is 9.78 Å². The topological polar surface area (TPSA) is 115 Å². The van der Waals surface area contributed by atoms with E-state index in [-0.39, 0.29) is 18.0 Å². The first-order valence-electron chi connectivity index (χ1n) is 14.1. The molecule has 212 valence electrons. The lowest BCUT2D eigenvalue weighted by Gasteiger charge is -2.33. The number of rotatable bonds is 10. The molecule has 0 unspecified atom stereocenters. The summed E-state index contributed by atoms with van der Waals surface area (Å²) in [7, 11) is 0. The normalized spacial score (nSPS) is 19.1. The minimum absolute atomic E-state index is 0.0109. The van der Waals surface area contributed by atoms with Crippen LogP contribution < -0.4 is 24.6 Å². The summed E-state index contributed by atoms with van der Waals surface area (Å²) in [5, 5.41) is 3.20. The molecule has 0 aliphatic carbocycles. The Labute approximate surface area is 234 Å². The molecule has 0 saturated carbocycles. The van der Waals surface area contributed by atoms with Crippen LogP contribution in [0.5, 0.6) is 11.5 Å². The zero-order chi connectivity index (χ0) is 27.7. The van der Waals surface area contributed by atoms with Crippen LogP contribution >= 0.6 is 0 Å². The number of anilines is 4. The second-order valence-electron chi connectivity index (χ2n) is 9.87. The highest BCUT2D eigenvalue weighted by atomic mass is 16.5. The van der Waals surface area contributed by atoms with Gasteiger partial charge in [-0.1, -0.05) is 12.1 Å². The quantitative estimate of drug-likeness (QED) is 0.368. The van der Waals surface area contributed by atoms with Crippen LogP contribution in [0.1, 0.15) is 39.5 Å². The second kappa shape index (κ2) is 13.3. The number of nitrogens with one attached hydrogen (secondary N) is 1. The van der Waals surface area contributed by atoms with Crippen LogP contribution in [-0.4, -0.2) is 71.4 Å². The lowest BCUT2D eigenvalue weighted by atomic mass is 9.98. The number of aromatic nitrogens is 4. The number of carbonyl (C=O) groups is 1. The molecular weight excluding hydrogens is 510 g/mol. The van der Waals surface area contributed by atoms with E-state index in [1.165, 1.54) is 0 Å². The first-order valence-corrected chi connectivity index (χ1v) is 14.1. The van der Waals surface area contributed by atoms with Gasteiger partial charge in [-0.2, -0.15) is 4.98 Å². The van der Waals surface area contributed by atoms with Gasteiger partial charge in [0.05, 0.1) is 38.1 Å². The van der Waals surface area contributed by atoms with Gasteiger partial charge in [0.15, 0.2) is 17.3 Å². The molecule has 2 aliphatic heterocycles. The molecule has 3 aromatic rings. The van der Waals surface area contributed by atoms with Crippen LogP contribution in [0, 0.1) is 5.92 Å². The van der Waals surface area contributed by atoms with E-state index in [0.29, 0.717) is 38.1 Å². The number of piperidine rings is 2. The molecule has 1 N–H and O–H groups in total. The van der Waals surface area contributed by atoms with Gasteiger partial charge in [0.25, 0.3) is 0 Å². The SMILES string of the molecule is CCOC(=O)[C@@H]1CCCN(c2ccnc(Nc3cncc(N4CCC[C@@H](Oc5ccccc5OCC)C4)n3)n2)C1. The Hall–Kier alpha value is -4.15. The van der Waals surface area contributed by atoms with Gasteiger partial charge in [0, 0.05) is 25.8 Å². The summed E-state index contributed by atoms with van der Waals surface area (Å²) in [6.07, 6.45) is 8.82. The highest BCUT2D eigenvalue weighted by molar-refractivity contribution is 5.73. The van der Waals surface area contributed by atoms with Crippen molar-refractivity contribution in [3.05, 3.63) is 48.9 Å². The monoisotopic (exact) mass is 547 g/mol. The zero-order valence-corrected chi connectivity index (χ0v) is 23.2. The minimum Gasteiger partial charge on any atom is -0.490 e. The highest BCUT2D eigenvalue weighted by Gasteiger charge is 2.28. The van der Waals surface area contributed by atoms with E-state index in [0.717, 1.165) is 61.9 Å². The molecule has 0 radical (unpaired) electrons. The maximum Gasteiger partial charge on any atom is 0.310 e. The van der Waals surface area contributed by atoms with Gasteiger partial charge in [-0.25, -0.2) is 9.97 Å². The van der Waals surface area contributed by atoms with E-state index in [2.05, 4.69) is 25.1 Å². The van der Waals surface area contributed by atoms with Crippen LogP contribution in [0.25, 0.3) is 0 Å². The van der Waals surface area contributed by atoms with E-state index in [4.69, 9.17) is 24.2 Å². The molecule has 1 aromatic carbocycles. The molecule has 2 aromatic heterocycles. The van der Waals surface area contributed by atoms with Crippen molar-refractivity contribution in [2.75, 3.05) is 54.5 Å². The third-order valence-electron chi connectivity index (χ3n) is 7.01. The average molecular weight is 548 g/mol. The maximum absolute atomic E-state index is 12.3. The number of hydrogen-bond acceptors (Lipinski definition) is 11. The summed E-state index contributed by atoms with van der Waals surface area (Å²) in [6, 6.07) is 9.65. The van der Waals surface area contributed by atoms with Gasteiger partial charge < -0.3 is 29.3 Å². The van der Waals surface area contributed by atoms with Gasteiger partial charge in [-0.05, 0) is 57.7 Å². The number of hydrogen-bond donors (Lipinski definition) is 1. The average Bonchev–Trinajstić information content (AvgIpc) is 2.99. The molecule has 11 nitrogen and oxygen atoms in total.